The van der Waals surface area contributed by atoms with Gasteiger partial charge in [-0.05, 0) is 19.8 Å². The van der Waals surface area contributed by atoms with Gasteiger partial charge < -0.3 is 10.0 Å². The molecule has 15 heavy (non-hydrogen) atoms. The zero-order chi connectivity index (χ0) is 10.8. The first-order valence-electron chi connectivity index (χ1n) is 5.11. The minimum atomic E-state index is -0.370. The Morgan fingerprint density at radius 1 is 1.53 bits per heavy atom. The summed E-state index contributed by atoms with van der Waals surface area (Å²) in [6.07, 6.45) is 4.86. The highest BCUT2D eigenvalue weighted by Crippen LogP contribution is 2.29. The van der Waals surface area contributed by atoms with E-state index in [-0.39, 0.29) is 12.1 Å². The van der Waals surface area contributed by atoms with Gasteiger partial charge in [0.2, 0.25) is 0 Å². The molecule has 0 amide bonds. The van der Waals surface area contributed by atoms with Crippen LogP contribution in [0.5, 0.6) is 0 Å². The lowest BCUT2D eigenvalue weighted by atomic mass is 10.1. The van der Waals surface area contributed by atoms with E-state index in [2.05, 4.69) is 9.97 Å². The van der Waals surface area contributed by atoms with E-state index >= 15 is 0 Å². The van der Waals surface area contributed by atoms with E-state index in [1.165, 1.54) is 0 Å². The molecule has 4 nitrogen and oxygen atoms in total. The molecule has 1 aliphatic rings. The van der Waals surface area contributed by atoms with Crippen LogP contribution in [0.2, 0.25) is 5.15 Å². The molecular weight excluding hydrogens is 214 g/mol. The van der Waals surface area contributed by atoms with Crippen molar-refractivity contribution in [2.24, 2.45) is 0 Å². The quantitative estimate of drug-likeness (QED) is 0.832. The summed E-state index contributed by atoms with van der Waals surface area (Å²) in [5, 5.41) is 10.0. The molecule has 1 N–H and O–H groups in total. The highest BCUT2D eigenvalue weighted by molar-refractivity contribution is 6.31. The molecule has 5 heteroatoms. The minimum absolute atomic E-state index is 0.110. The molecule has 0 aliphatic carbocycles. The summed E-state index contributed by atoms with van der Waals surface area (Å²) in [7, 11) is 0. The lowest BCUT2D eigenvalue weighted by Crippen LogP contribution is -2.38. The third-order valence-electron chi connectivity index (χ3n) is 2.76. The molecule has 1 fully saturated rings. The van der Waals surface area contributed by atoms with Crippen LogP contribution >= 0.6 is 11.6 Å². The first-order valence-corrected chi connectivity index (χ1v) is 5.49. The van der Waals surface area contributed by atoms with E-state index in [4.69, 9.17) is 11.6 Å². The minimum Gasteiger partial charge on any atom is -0.391 e. The summed E-state index contributed by atoms with van der Waals surface area (Å²) in [4.78, 5) is 10.3. The second-order valence-corrected chi connectivity index (χ2v) is 4.17. The molecule has 0 bridgehead atoms. The number of hydrogen-bond donors (Lipinski definition) is 1. The van der Waals surface area contributed by atoms with Gasteiger partial charge in [0.15, 0.2) is 11.0 Å². The van der Waals surface area contributed by atoms with Gasteiger partial charge in [0, 0.05) is 18.9 Å². The summed E-state index contributed by atoms with van der Waals surface area (Å²) < 4.78 is 0. The Morgan fingerprint density at radius 2 is 2.27 bits per heavy atom. The standard InChI is InChI=1S/C10H14ClN3O/c1-7(15)8-3-2-6-14(8)10-9(11)12-4-5-13-10/h4-5,7-8,15H,2-3,6H2,1H3/t7-,8+/m0/s1. The van der Waals surface area contributed by atoms with Gasteiger partial charge in [0.1, 0.15) is 0 Å². The van der Waals surface area contributed by atoms with Crippen LogP contribution in [0.25, 0.3) is 0 Å². The van der Waals surface area contributed by atoms with Crippen molar-refractivity contribution < 1.29 is 5.11 Å². The number of halogens is 1. The van der Waals surface area contributed by atoms with Gasteiger partial charge >= 0.3 is 0 Å². The number of rotatable bonds is 2. The summed E-state index contributed by atoms with van der Waals surface area (Å²) in [5.41, 5.74) is 0. The van der Waals surface area contributed by atoms with E-state index in [0.717, 1.165) is 19.4 Å². The normalized spacial score (nSPS) is 23.1. The Labute approximate surface area is 93.9 Å². The van der Waals surface area contributed by atoms with Gasteiger partial charge in [0.25, 0.3) is 0 Å². The molecule has 2 heterocycles. The Morgan fingerprint density at radius 3 is 2.93 bits per heavy atom. The predicted molar refractivity (Wildman–Crippen MR) is 59.1 cm³/mol. The Hall–Kier alpha value is -0.870. The number of aliphatic hydroxyl groups is 1. The van der Waals surface area contributed by atoms with Crippen LogP contribution in [-0.2, 0) is 0 Å². The van der Waals surface area contributed by atoms with E-state index in [1.54, 1.807) is 19.3 Å². The lowest BCUT2D eigenvalue weighted by molar-refractivity contribution is 0.164. The van der Waals surface area contributed by atoms with Crippen molar-refractivity contribution in [3.8, 4) is 0 Å². The number of hydrogen-bond acceptors (Lipinski definition) is 4. The fourth-order valence-corrected chi connectivity index (χ4v) is 2.28. The number of anilines is 1. The molecule has 1 aromatic rings. The first kappa shape index (κ1) is 10.6. The number of aromatic nitrogens is 2. The van der Waals surface area contributed by atoms with Crippen molar-refractivity contribution in [3.05, 3.63) is 17.5 Å². The average molecular weight is 228 g/mol. The average Bonchev–Trinajstić information content (AvgIpc) is 2.67. The van der Waals surface area contributed by atoms with Crippen LogP contribution in [-0.4, -0.2) is 33.8 Å². The van der Waals surface area contributed by atoms with Crippen molar-refractivity contribution in [2.45, 2.75) is 31.9 Å². The van der Waals surface area contributed by atoms with Gasteiger partial charge in [-0.1, -0.05) is 11.6 Å². The zero-order valence-electron chi connectivity index (χ0n) is 8.60. The molecule has 2 atom stereocenters. The molecule has 1 saturated heterocycles. The van der Waals surface area contributed by atoms with Gasteiger partial charge in [-0.3, -0.25) is 0 Å². The molecule has 82 valence electrons. The highest BCUT2D eigenvalue weighted by atomic mass is 35.5. The maximum atomic E-state index is 9.64. The van der Waals surface area contributed by atoms with Crippen molar-refractivity contribution in [2.75, 3.05) is 11.4 Å². The van der Waals surface area contributed by atoms with Gasteiger partial charge in [-0.25, -0.2) is 9.97 Å². The Bertz CT molecular complexity index is 345. The molecule has 0 unspecified atom stereocenters. The monoisotopic (exact) mass is 227 g/mol. The SMILES string of the molecule is C[C@H](O)[C@H]1CCCN1c1nccnc1Cl. The fraction of sp³-hybridized carbons (Fsp3) is 0.600. The van der Waals surface area contributed by atoms with Crippen molar-refractivity contribution in [1.82, 2.24) is 9.97 Å². The molecule has 0 radical (unpaired) electrons. The van der Waals surface area contributed by atoms with Crippen LogP contribution in [0.1, 0.15) is 19.8 Å². The van der Waals surface area contributed by atoms with Crippen molar-refractivity contribution >= 4 is 17.4 Å². The Kier molecular flexibility index (Phi) is 3.07. The highest BCUT2D eigenvalue weighted by Gasteiger charge is 2.30. The smallest absolute Gasteiger partial charge is 0.171 e. The topological polar surface area (TPSA) is 49.2 Å². The van der Waals surface area contributed by atoms with E-state index < -0.39 is 0 Å². The number of aliphatic hydroxyl groups excluding tert-OH is 1. The fourth-order valence-electron chi connectivity index (χ4n) is 2.06. The Balaban J connectivity index is 2.27. The van der Waals surface area contributed by atoms with Gasteiger partial charge in [0.05, 0.1) is 12.1 Å². The van der Waals surface area contributed by atoms with Crippen molar-refractivity contribution in [1.29, 1.82) is 0 Å². The summed E-state index contributed by atoms with van der Waals surface area (Å²) in [6.45, 7) is 2.68. The number of nitrogens with zero attached hydrogens (tertiary/aromatic N) is 3. The zero-order valence-corrected chi connectivity index (χ0v) is 9.35. The summed E-state index contributed by atoms with van der Waals surface area (Å²) in [6, 6.07) is 0.110. The molecule has 0 saturated carbocycles. The lowest BCUT2D eigenvalue weighted by Gasteiger charge is -2.27. The molecule has 0 spiro atoms. The second-order valence-electron chi connectivity index (χ2n) is 3.81. The third kappa shape index (κ3) is 2.06. The molecule has 0 aromatic carbocycles. The van der Waals surface area contributed by atoms with E-state index in [1.807, 2.05) is 4.90 Å². The predicted octanol–water partition coefficient (Wildman–Crippen LogP) is 1.48. The van der Waals surface area contributed by atoms with Gasteiger partial charge in [-0.2, -0.15) is 0 Å². The molecule has 1 aliphatic heterocycles. The third-order valence-corrected chi connectivity index (χ3v) is 3.03. The molecule has 1 aromatic heterocycles. The summed E-state index contributed by atoms with van der Waals surface area (Å²) >= 11 is 5.98. The van der Waals surface area contributed by atoms with E-state index in [9.17, 15) is 5.11 Å². The largest absolute Gasteiger partial charge is 0.391 e. The van der Waals surface area contributed by atoms with Crippen LogP contribution in [0, 0.1) is 0 Å². The maximum Gasteiger partial charge on any atom is 0.171 e. The van der Waals surface area contributed by atoms with E-state index in [0.29, 0.717) is 11.0 Å². The summed E-state index contributed by atoms with van der Waals surface area (Å²) in [5.74, 6) is 0.683. The van der Waals surface area contributed by atoms with Crippen LogP contribution < -0.4 is 4.90 Å². The molecule has 2 rings (SSSR count). The van der Waals surface area contributed by atoms with Crippen molar-refractivity contribution in [3.63, 3.8) is 0 Å². The van der Waals surface area contributed by atoms with Crippen LogP contribution in [0.15, 0.2) is 12.4 Å². The van der Waals surface area contributed by atoms with Gasteiger partial charge in [-0.15, -0.1) is 0 Å². The molecular formula is C10H14ClN3O. The van der Waals surface area contributed by atoms with Crippen LogP contribution in [0.3, 0.4) is 0 Å². The van der Waals surface area contributed by atoms with Crippen LogP contribution in [0.4, 0.5) is 5.82 Å². The second kappa shape index (κ2) is 4.33. The first-order chi connectivity index (χ1) is 7.20. The maximum absolute atomic E-state index is 9.64.